The molecule has 0 spiro atoms. The predicted molar refractivity (Wildman–Crippen MR) is 101 cm³/mol. The normalized spacial score (nSPS) is 12.0. The number of benzene rings is 2. The largest absolute Gasteiger partial charge is 0.448 e. The molecule has 0 aliphatic rings. The monoisotopic (exact) mass is 360 g/mol. The minimum atomic E-state index is -0.986. The van der Waals surface area contributed by atoms with Crippen LogP contribution in [0.25, 0.3) is 21.8 Å². The van der Waals surface area contributed by atoms with E-state index in [4.69, 9.17) is 4.74 Å². The number of carbonyl (C=O) groups excluding carboxylic acids is 2. The van der Waals surface area contributed by atoms with Crippen molar-refractivity contribution in [1.82, 2.24) is 15.2 Å². The van der Waals surface area contributed by atoms with Crippen LogP contribution in [-0.4, -0.2) is 33.2 Å². The van der Waals surface area contributed by atoms with Crippen molar-refractivity contribution in [3.8, 4) is 0 Å². The second kappa shape index (κ2) is 6.87. The summed E-state index contributed by atoms with van der Waals surface area (Å²) in [5, 5.41) is 11.0. The van der Waals surface area contributed by atoms with Gasteiger partial charge in [-0.2, -0.15) is 5.10 Å². The first-order chi connectivity index (χ1) is 13.1. The Bertz CT molecular complexity index is 1150. The minimum absolute atomic E-state index is 0.152. The lowest BCUT2D eigenvalue weighted by Gasteiger charge is -2.14. The van der Waals surface area contributed by atoms with Gasteiger partial charge in [-0.15, -0.1) is 0 Å². The molecule has 1 atom stereocenters. The van der Waals surface area contributed by atoms with Gasteiger partial charge in [-0.05, 0) is 37.3 Å². The first-order valence-corrected chi connectivity index (χ1v) is 8.42. The summed E-state index contributed by atoms with van der Waals surface area (Å²) in [4.78, 5) is 29.1. The Kier molecular flexibility index (Phi) is 4.25. The summed E-state index contributed by atoms with van der Waals surface area (Å²) in [5.41, 5.74) is 2.26. The first kappa shape index (κ1) is 16.7. The lowest BCUT2D eigenvalue weighted by molar-refractivity contribution is -0.123. The van der Waals surface area contributed by atoms with E-state index in [1.54, 1.807) is 36.5 Å². The summed E-state index contributed by atoms with van der Waals surface area (Å²) >= 11 is 0. The van der Waals surface area contributed by atoms with Crippen LogP contribution in [0.15, 0.2) is 60.8 Å². The quantitative estimate of drug-likeness (QED) is 0.544. The van der Waals surface area contributed by atoms with E-state index in [0.29, 0.717) is 11.1 Å². The van der Waals surface area contributed by atoms with E-state index < -0.39 is 18.0 Å². The van der Waals surface area contributed by atoms with Gasteiger partial charge < -0.3 is 10.1 Å². The molecule has 0 radical (unpaired) electrons. The highest BCUT2D eigenvalue weighted by Gasteiger charge is 2.22. The number of pyridine rings is 1. The molecule has 7 nitrogen and oxygen atoms in total. The number of ether oxygens (including phenoxy) is 1. The smallest absolute Gasteiger partial charge is 0.360 e. The lowest BCUT2D eigenvalue weighted by Crippen LogP contribution is -2.30. The number of anilines is 1. The van der Waals surface area contributed by atoms with Crippen molar-refractivity contribution in [1.29, 1.82) is 0 Å². The fourth-order valence-electron chi connectivity index (χ4n) is 2.84. The molecule has 0 aliphatic heterocycles. The fraction of sp³-hybridized carbons (Fsp3) is 0.100. The maximum atomic E-state index is 12.5. The molecule has 1 amide bonds. The predicted octanol–water partition coefficient (Wildman–Crippen LogP) is 3.30. The Morgan fingerprint density at radius 2 is 1.85 bits per heavy atom. The Balaban J connectivity index is 1.50. The summed E-state index contributed by atoms with van der Waals surface area (Å²) in [6.07, 6.45) is 0.701. The third-order valence-corrected chi connectivity index (χ3v) is 4.22. The molecule has 2 N–H and O–H groups in total. The molecule has 2 aromatic carbocycles. The van der Waals surface area contributed by atoms with Gasteiger partial charge >= 0.3 is 5.97 Å². The van der Waals surface area contributed by atoms with Crippen molar-refractivity contribution in [2.75, 3.05) is 5.32 Å². The Morgan fingerprint density at radius 3 is 2.74 bits per heavy atom. The minimum Gasteiger partial charge on any atom is -0.448 e. The Labute approximate surface area is 154 Å². The molecule has 27 heavy (non-hydrogen) atoms. The number of rotatable bonds is 4. The highest BCUT2D eigenvalue weighted by atomic mass is 16.5. The number of nitrogens with zero attached hydrogens (tertiary/aromatic N) is 2. The number of carbonyl (C=O) groups is 2. The molecule has 0 bridgehead atoms. The molecule has 0 saturated carbocycles. The SMILES string of the molecule is CC(OC(=O)c1n[nH]c2ccccc12)C(=O)Nc1cccc2ncccc12. The summed E-state index contributed by atoms with van der Waals surface area (Å²) in [6, 6.07) is 16.3. The van der Waals surface area contributed by atoms with Gasteiger partial charge in [0.2, 0.25) is 0 Å². The fourth-order valence-corrected chi connectivity index (χ4v) is 2.84. The van der Waals surface area contributed by atoms with E-state index in [9.17, 15) is 9.59 Å². The first-order valence-electron chi connectivity index (χ1n) is 8.42. The second-order valence-electron chi connectivity index (χ2n) is 6.03. The van der Waals surface area contributed by atoms with E-state index in [2.05, 4.69) is 20.5 Å². The number of nitrogens with one attached hydrogen (secondary N) is 2. The van der Waals surface area contributed by atoms with E-state index in [1.165, 1.54) is 6.92 Å². The van der Waals surface area contributed by atoms with Crippen LogP contribution in [0.5, 0.6) is 0 Å². The third-order valence-electron chi connectivity index (χ3n) is 4.22. The number of fused-ring (bicyclic) bond motifs is 2. The van der Waals surface area contributed by atoms with Gasteiger partial charge in [0.15, 0.2) is 11.8 Å². The van der Waals surface area contributed by atoms with Gasteiger partial charge in [-0.1, -0.05) is 24.3 Å². The number of para-hydroxylation sites is 1. The van der Waals surface area contributed by atoms with Gasteiger partial charge in [0, 0.05) is 17.0 Å². The van der Waals surface area contributed by atoms with Crippen LogP contribution in [0.4, 0.5) is 5.69 Å². The molecule has 1 unspecified atom stereocenters. The van der Waals surface area contributed by atoms with Crippen LogP contribution >= 0.6 is 0 Å². The van der Waals surface area contributed by atoms with Crippen molar-refractivity contribution >= 4 is 39.4 Å². The van der Waals surface area contributed by atoms with Crippen molar-refractivity contribution in [2.24, 2.45) is 0 Å². The molecule has 2 aromatic heterocycles. The van der Waals surface area contributed by atoms with Crippen molar-refractivity contribution in [3.05, 3.63) is 66.5 Å². The average Bonchev–Trinajstić information content (AvgIpc) is 3.12. The molecular weight excluding hydrogens is 344 g/mol. The van der Waals surface area contributed by atoms with Crippen molar-refractivity contribution in [3.63, 3.8) is 0 Å². The van der Waals surface area contributed by atoms with Crippen molar-refractivity contribution < 1.29 is 14.3 Å². The zero-order chi connectivity index (χ0) is 18.8. The van der Waals surface area contributed by atoms with Crippen LogP contribution < -0.4 is 5.32 Å². The van der Waals surface area contributed by atoms with E-state index in [0.717, 1.165) is 16.4 Å². The molecule has 4 rings (SSSR count). The number of aromatic amines is 1. The Morgan fingerprint density at radius 1 is 1.04 bits per heavy atom. The van der Waals surface area contributed by atoms with E-state index in [-0.39, 0.29) is 5.69 Å². The molecule has 0 fully saturated rings. The molecule has 0 aliphatic carbocycles. The molecule has 2 heterocycles. The molecule has 4 aromatic rings. The van der Waals surface area contributed by atoms with Crippen LogP contribution in [-0.2, 0) is 9.53 Å². The summed E-state index contributed by atoms with van der Waals surface area (Å²) in [5.74, 6) is -1.09. The number of esters is 1. The van der Waals surface area contributed by atoms with Crippen LogP contribution in [0, 0.1) is 0 Å². The Hall–Kier alpha value is -3.74. The van der Waals surface area contributed by atoms with Gasteiger partial charge in [0.25, 0.3) is 5.91 Å². The van der Waals surface area contributed by atoms with Gasteiger partial charge in [-0.3, -0.25) is 14.9 Å². The zero-order valence-corrected chi connectivity index (χ0v) is 14.5. The van der Waals surface area contributed by atoms with E-state index in [1.807, 2.05) is 24.3 Å². The summed E-state index contributed by atoms with van der Waals surface area (Å²) in [6.45, 7) is 1.52. The third kappa shape index (κ3) is 3.22. The number of H-pyrrole nitrogens is 1. The van der Waals surface area contributed by atoms with Crippen LogP contribution in [0.1, 0.15) is 17.4 Å². The maximum Gasteiger partial charge on any atom is 0.360 e. The van der Waals surface area contributed by atoms with Crippen LogP contribution in [0.2, 0.25) is 0 Å². The topological polar surface area (TPSA) is 97.0 Å². The summed E-state index contributed by atoms with van der Waals surface area (Å²) in [7, 11) is 0. The van der Waals surface area contributed by atoms with Gasteiger partial charge in [0.05, 0.1) is 16.7 Å². The highest BCUT2D eigenvalue weighted by Crippen LogP contribution is 2.22. The number of hydrogen-bond acceptors (Lipinski definition) is 5. The number of amides is 1. The average molecular weight is 360 g/mol. The molecule has 7 heteroatoms. The lowest BCUT2D eigenvalue weighted by atomic mass is 10.2. The molecule has 0 saturated heterocycles. The zero-order valence-electron chi connectivity index (χ0n) is 14.5. The van der Waals surface area contributed by atoms with Crippen LogP contribution in [0.3, 0.4) is 0 Å². The number of hydrogen-bond donors (Lipinski definition) is 2. The second-order valence-corrected chi connectivity index (χ2v) is 6.03. The maximum absolute atomic E-state index is 12.5. The highest BCUT2D eigenvalue weighted by molar-refractivity contribution is 6.05. The van der Waals surface area contributed by atoms with E-state index >= 15 is 0 Å². The summed E-state index contributed by atoms with van der Waals surface area (Å²) < 4.78 is 5.30. The molecular formula is C20H16N4O3. The van der Waals surface area contributed by atoms with Crippen molar-refractivity contribution in [2.45, 2.75) is 13.0 Å². The number of aromatic nitrogens is 3. The molecule has 134 valence electrons. The van der Waals surface area contributed by atoms with Gasteiger partial charge in [0.1, 0.15) is 0 Å². The van der Waals surface area contributed by atoms with Gasteiger partial charge in [-0.25, -0.2) is 4.79 Å². The standard InChI is InChI=1S/C20H16N4O3/c1-12(27-20(26)18-14-6-2-3-8-17(14)23-24-18)19(25)22-16-10-4-9-15-13(16)7-5-11-21-15/h2-12H,1H3,(H,22,25)(H,23,24).